The lowest BCUT2D eigenvalue weighted by Gasteiger charge is -2.13. The van der Waals surface area contributed by atoms with E-state index in [4.69, 9.17) is 9.84 Å². The summed E-state index contributed by atoms with van der Waals surface area (Å²) < 4.78 is 5.53. The van der Waals surface area contributed by atoms with Gasteiger partial charge in [-0.1, -0.05) is 0 Å². The summed E-state index contributed by atoms with van der Waals surface area (Å²) in [6.45, 7) is 0.666. The number of carboxylic acids is 1. The molecule has 0 atom stereocenters. The van der Waals surface area contributed by atoms with E-state index >= 15 is 0 Å². The third kappa shape index (κ3) is 4.90. The van der Waals surface area contributed by atoms with E-state index in [0.717, 1.165) is 25.0 Å². The third-order valence-electron chi connectivity index (χ3n) is 2.32. The molecule has 0 heterocycles. The summed E-state index contributed by atoms with van der Waals surface area (Å²) in [7, 11) is 0. The highest BCUT2D eigenvalue weighted by molar-refractivity contribution is 5.66. The summed E-state index contributed by atoms with van der Waals surface area (Å²) >= 11 is 0. The molecule has 80 valence electrons. The van der Waals surface area contributed by atoms with E-state index in [2.05, 4.69) is 6.08 Å². The Morgan fingerprint density at radius 3 is 2.93 bits per heavy atom. The van der Waals surface area contributed by atoms with Crippen LogP contribution in [0, 0.1) is 0 Å². The van der Waals surface area contributed by atoms with Crippen LogP contribution in [0.15, 0.2) is 11.8 Å². The molecule has 0 amide bonds. The molecule has 0 spiro atoms. The van der Waals surface area contributed by atoms with E-state index < -0.39 is 5.97 Å². The van der Waals surface area contributed by atoms with Crippen molar-refractivity contribution in [1.29, 1.82) is 0 Å². The second kappa shape index (κ2) is 6.46. The highest BCUT2D eigenvalue weighted by atomic mass is 16.5. The number of carboxylic acid groups (broad SMARTS) is 1. The van der Waals surface area contributed by atoms with E-state index in [1.807, 2.05) is 0 Å². The third-order valence-corrected chi connectivity index (χ3v) is 2.32. The first-order valence-corrected chi connectivity index (χ1v) is 5.32. The van der Waals surface area contributed by atoms with E-state index in [-0.39, 0.29) is 6.42 Å². The largest absolute Gasteiger partial charge is 0.498 e. The second-order valence-electron chi connectivity index (χ2n) is 3.62. The molecule has 0 aromatic carbocycles. The van der Waals surface area contributed by atoms with Gasteiger partial charge in [0.15, 0.2) is 0 Å². The topological polar surface area (TPSA) is 46.5 Å². The quantitative estimate of drug-likeness (QED) is 0.667. The standard InChI is InChI=1S/C11H18O3/c12-11(13)8-4-5-9-14-10-6-2-1-3-7-10/h6H,1-5,7-9H2,(H,12,13). The Morgan fingerprint density at radius 2 is 2.29 bits per heavy atom. The van der Waals surface area contributed by atoms with Crippen LogP contribution in [-0.4, -0.2) is 17.7 Å². The average molecular weight is 198 g/mol. The molecular formula is C11H18O3. The summed E-state index contributed by atoms with van der Waals surface area (Å²) in [5, 5.41) is 8.41. The molecule has 14 heavy (non-hydrogen) atoms. The van der Waals surface area contributed by atoms with Crippen LogP contribution in [0.4, 0.5) is 0 Å². The molecule has 3 nitrogen and oxygen atoms in total. The molecular weight excluding hydrogens is 180 g/mol. The fraction of sp³-hybridized carbons (Fsp3) is 0.727. The van der Waals surface area contributed by atoms with Crippen molar-refractivity contribution >= 4 is 5.97 Å². The summed E-state index contributed by atoms with van der Waals surface area (Å²) in [4.78, 5) is 10.2. The highest BCUT2D eigenvalue weighted by Crippen LogP contribution is 2.18. The van der Waals surface area contributed by atoms with Gasteiger partial charge in [-0.2, -0.15) is 0 Å². The Bertz CT molecular complexity index is 209. The van der Waals surface area contributed by atoms with Gasteiger partial charge in [0.25, 0.3) is 0 Å². The van der Waals surface area contributed by atoms with Crippen molar-refractivity contribution in [3.8, 4) is 0 Å². The predicted octanol–water partition coefficient (Wildman–Crippen LogP) is 2.72. The summed E-state index contributed by atoms with van der Waals surface area (Å²) in [5.74, 6) is 0.383. The smallest absolute Gasteiger partial charge is 0.303 e. The zero-order valence-electron chi connectivity index (χ0n) is 8.50. The molecule has 1 aliphatic carbocycles. The first-order valence-electron chi connectivity index (χ1n) is 5.32. The number of hydrogen-bond acceptors (Lipinski definition) is 2. The maximum Gasteiger partial charge on any atom is 0.303 e. The molecule has 1 N–H and O–H groups in total. The Kier molecular flexibility index (Phi) is 5.12. The van der Waals surface area contributed by atoms with Gasteiger partial charge in [0, 0.05) is 12.8 Å². The summed E-state index contributed by atoms with van der Waals surface area (Å²) in [5.41, 5.74) is 0. The van der Waals surface area contributed by atoms with E-state index in [1.54, 1.807) is 0 Å². The molecule has 0 saturated heterocycles. The van der Waals surface area contributed by atoms with E-state index in [0.29, 0.717) is 13.0 Å². The van der Waals surface area contributed by atoms with Crippen LogP contribution in [0.3, 0.4) is 0 Å². The molecule has 0 saturated carbocycles. The van der Waals surface area contributed by atoms with Crippen LogP contribution in [0.5, 0.6) is 0 Å². The Hall–Kier alpha value is -0.990. The van der Waals surface area contributed by atoms with Gasteiger partial charge < -0.3 is 9.84 Å². The first kappa shape index (κ1) is 11.1. The van der Waals surface area contributed by atoms with Crippen LogP contribution < -0.4 is 0 Å². The number of ether oxygens (including phenoxy) is 1. The van der Waals surface area contributed by atoms with E-state index in [1.165, 1.54) is 12.8 Å². The van der Waals surface area contributed by atoms with Crippen LogP contribution >= 0.6 is 0 Å². The number of rotatable bonds is 6. The maximum atomic E-state index is 10.2. The van der Waals surface area contributed by atoms with Crippen molar-refractivity contribution in [2.24, 2.45) is 0 Å². The van der Waals surface area contributed by atoms with Gasteiger partial charge in [0.1, 0.15) is 0 Å². The molecule has 0 radical (unpaired) electrons. The van der Waals surface area contributed by atoms with Crippen LogP contribution in [0.1, 0.15) is 44.9 Å². The van der Waals surface area contributed by atoms with Crippen molar-refractivity contribution < 1.29 is 14.6 Å². The molecule has 0 aliphatic heterocycles. The SMILES string of the molecule is O=C(O)CCCCOC1=CCCCC1. The van der Waals surface area contributed by atoms with Gasteiger partial charge in [-0.15, -0.1) is 0 Å². The van der Waals surface area contributed by atoms with Crippen LogP contribution in [0.25, 0.3) is 0 Å². The summed E-state index contributed by atoms with van der Waals surface area (Å²) in [6.07, 6.45) is 8.63. The van der Waals surface area contributed by atoms with Crippen molar-refractivity contribution in [3.63, 3.8) is 0 Å². The van der Waals surface area contributed by atoms with Crippen molar-refractivity contribution in [1.82, 2.24) is 0 Å². The molecule has 3 heteroatoms. The lowest BCUT2D eigenvalue weighted by atomic mass is 10.1. The normalized spacial score (nSPS) is 16.1. The maximum absolute atomic E-state index is 10.2. The van der Waals surface area contributed by atoms with Crippen molar-refractivity contribution in [2.45, 2.75) is 44.9 Å². The van der Waals surface area contributed by atoms with Gasteiger partial charge in [0.2, 0.25) is 0 Å². The number of allylic oxidation sites excluding steroid dienone is 2. The van der Waals surface area contributed by atoms with Crippen LogP contribution in [0.2, 0.25) is 0 Å². The summed E-state index contributed by atoms with van der Waals surface area (Å²) in [6, 6.07) is 0. The van der Waals surface area contributed by atoms with Gasteiger partial charge in [-0.25, -0.2) is 0 Å². The van der Waals surface area contributed by atoms with Crippen molar-refractivity contribution in [3.05, 3.63) is 11.8 Å². The molecule has 0 aromatic heterocycles. The minimum absolute atomic E-state index is 0.252. The Morgan fingerprint density at radius 1 is 1.43 bits per heavy atom. The lowest BCUT2D eigenvalue weighted by molar-refractivity contribution is -0.137. The van der Waals surface area contributed by atoms with Gasteiger partial charge in [-0.3, -0.25) is 4.79 Å². The zero-order valence-corrected chi connectivity index (χ0v) is 8.50. The fourth-order valence-corrected chi connectivity index (χ4v) is 1.52. The monoisotopic (exact) mass is 198 g/mol. The molecule has 0 aromatic rings. The highest BCUT2D eigenvalue weighted by Gasteiger charge is 2.04. The van der Waals surface area contributed by atoms with Gasteiger partial charge in [0.05, 0.1) is 12.4 Å². The first-order chi connectivity index (χ1) is 6.79. The molecule has 0 unspecified atom stereocenters. The Balaban J connectivity index is 1.98. The Labute approximate surface area is 84.8 Å². The molecule has 0 bridgehead atoms. The van der Waals surface area contributed by atoms with E-state index in [9.17, 15) is 4.79 Å². The minimum atomic E-state index is -0.720. The second-order valence-corrected chi connectivity index (χ2v) is 3.62. The zero-order chi connectivity index (χ0) is 10.2. The average Bonchev–Trinajstić information content (AvgIpc) is 2.18. The molecule has 0 fully saturated rings. The molecule has 1 aliphatic rings. The van der Waals surface area contributed by atoms with Gasteiger partial charge >= 0.3 is 5.97 Å². The predicted molar refractivity (Wildman–Crippen MR) is 54.0 cm³/mol. The van der Waals surface area contributed by atoms with Gasteiger partial charge in [-0.05, 0) is 38.2 Å². The number of unbranched alkanes of at least 4 members (excludes halogenated alkanes) is 1. The molecule has 1 rings (SSSR count). The number of hydrogen-bond donors (Lipinski definition) is 1. The fourth-order valence-electron chi connectivity index (χ4n) is 1.52. The lowest BCUT2D eigenvalue weighted by Crippen LogP contribution is -2.00. The number of carbonyl (C=O) groups is 1. The van der Waals surface area contributed by atoms with Crippen molar-refractivity contribution in [2.75, 3.05) is 6.61 Å². The number of aliphatic carboxylic acids is 1. The minimum Gasteiger partial charge on any atom is -0.498 e. The van der Waals surface area contributed by atoms with Crippen LogP contribution in [-0.2, 0) is 9.53 Å².